The highest BCUT2D eigenvalue weighted by atomic mass is 15.3. The molecule has 1 aromatic rings. The van der Waals surface area contributed by atoms with E-state index in [0.29, 0.717) is 6.04 Å². The molecule has 1 aliphatic heterocycles. The second-order valence-electron chi connectivity index (χ2n) is 3.92. The zero-order chi connectivity index (χ0) is 9.97. The molecule has 1 N–H and O–H groups in total. The van der Waals surface area contributed by atoms with Crippen LogP contribution in [-0.4, -0.2) is 22.4 Å². The summed E-state index contributed by atoms with van der Waals surface area (Å²) in [4.78, 5) is 0. The number of nitrogens with one attached hydrogen (secondary N) is 1. The van der Waals surface area contributed by atoms with E-state index in [9.17, 15) is 0 Å². The standard InChI is InChI=1S/C11H17N3/c1-9-7-10(2)14(13-9)8-11-5-3-4-6-12-11/h3-4,7,11-12H,5-6,8H2,1-2H3. The van der Waals surface area contributed by atoms with Gasteiger partial charge in [-0.05, 0) is 26.3 Å². The molecule has 0 fully saturated rings. The zero-order valence-electron chi connectivity index (χ0n) is 8.83. The Morgan fingerprint density at radius 1 is 1.50 bits per heavy atom. The van der Waals surface area contributed by atoms with Gasteiger partial charge in [-0.25, -0.2) is 0 Å². The van der Waals surface area contributed by atoms with Crippen LogP contribution in [0.15, 0.2) is 18.2 Å². The van der Waals surface area contributed by atoms with Crippen molar-refractivity contribution >= 4 is 0 Å². The number of aryl methyl sites for hydroxylation is 2. The molecule has 1 aromatic heterocycles. The Morgan fingerprint density at radius 2 is 2.36 bits per heavy atom. The molecule has 1 atom stereocenters. The van der Waals surface area contributed by atoms with Gasteiger partial charge in [-0.1, -0.05) is 12.2 Å². The first-order chi connectivity index (χ1) is 6.75. The molecule has 3 nitrogen and oxygen atoms in total. The van der Waals surface area contributed by atoms with Gasteiger partial charge in [0.05, 0.1) is 12.2 Å². The van der Waals surface area contributed by atoms with Gasteiger partial charge in [0.15, 0.2) is 0 Å². The van der Waals surface area contributed by atoms with Crippen LogP contribution in [-0.2, 0) is 6.54 Å². The predicted molar refractivity (Wildman–Crippen MR) is 57.2 cm³/mol. The van der Waals surface area contributed by atoms with E-state index in [1.54, 1.807) is 0 Å². The summed E-state index contributed by atoms with van der Waals surface area (Å²) >= 11 is 0. The lowest BCUT2D eigenvalue weighted by Crippen LogP contribution is -2.35. The van der Waals surface area contributed by atoms with Crippen LogP contribution in [0, 0.1) is 13.8 Å². The molecule has 0 radical (unpaired) electrons. The maximum atomic E-state index is 4.46. The van der Waals surface area contributed by atoms with Crippen molar-refractivity contribution in [3.63, 3.8) is 0 Å². The molecular weight excluding hydrogens is 174 g/mol. The van der Waals surface area contributed by atoms with E-state index < -0.39 is 0 Å². The van der Waals surface area contributed by atoms with Gasteiger partial charge in [-0.15, -0.1) is 0 Å². The van der Waals surface area contributed by atoms with Crippen LogP contribution in [0.2, 0.25) is 0 Å². The minimum absolute atomic E-state index is 0.540. The number of hydrogen-bond acceptors (Lipinski definition) is 2. The molecule has 0 spiro atoms. The van der Waals surface area contributed by atoms with Crippen LogP contribution in [0.25, 0.3) is 0 Å². The Hall–Kier alpha value is -1.09. The largest absolute Gasteiger partial charge is 0.308 e. The highest BCUT2D eigenvalue weighted by Crippen LogP contribution is 2.06. The average Bonchev–Trinajstić information content (AvgIpc) is 2.47. The van der Waals surface area contributed by atoms with E-state index in [1.807, 2.05) is 6.92 Å². The fourth-order valence-electron chi connectivity index (χ4n) is 1.87. The first kappa shape index (κ1) is 9.46. The van der Waals surface area contributed by atoms with Gasteiger partial charge >= 0.3 is 0 Å². The summed E-state index contributed by atoms with van der Waals surface area (Å²) in [6.07, 6.45) is 5.53. The molecule has 0 amide bonds. The molecule has 0 saturated carbocycles. The van der Waals surface area contributed by atoms with E-state index in [0.717, 1.165) is 25.2 Å². The molecule has 2 heterocycles. The Labute approximate surface area is 84.8 Å². The summed E-state index contributed by atoms with van der Waals surface area (Å²) in [6, 6.07) is 2.66. The lowest BCUT2D eigenvalue weighted by molar-refractivity contribution is 0.428. The van der Waals surface area contributed by atoms with Crippen molar-refractivity contribution in [2.24, 2.45) is 0 Å². The Balaban J connectivity index is 2.03. The number of nitrogens with zero attached hydrogens (tertiary/aromatic N) is 2. The van der Waals surface area contributed by atoms with Crippen LogP contribution in [0.5, 0.6) is 0 Å². The van der Waals surface area contributed by atoms with E-state index >= 15 is 0 Å². The molecule has 1 aliphatic rings. The fraction of sp³-hybridized carbons (Fsp3) is 0.545. The first-order valence-corrected chi connectivity index (χ1v) is 5.15. The summed E-state index contributed by atoms with van der Waals surface area (Å²) in [5, 5.41) is 7.91. The summed E-state index contributed by atoms with van der Waals surface area (Å²) in [6.45, 7) is 6.12. The molecule has 1 unspecified atom stereocenters. The van der Waals surface area contributed by atoms with Gasteiger partial charge in [0.25, 0.3) is 0 Å². The third kappa shape index (κ3) is 2.04. The van der Waals surface area contributed by atoms with E-state index in [2.05, 4.69) is 40.2 Å². The average molecular weight is 191 g/mol. The van der Waals surface area contributed by atoms with Crippen molar-refractivity contribution in [1.82, 2.24) is 15.1 Å². The van der Waals surface area contributed by atoms with Crippen molar-refractivity contribution in [1.29, 1.82) is 0 Å². The van der Waals surface area contributed by atoms with Crippen molar-refractivity contribution in [2.45, 2.75) is 32.9 Å². The van der Waals surface area contributed by atoms with Crippen LogP contribution < -0.4 is 5.32 Å². The lowest BCUT2D eigenvalue weighted by Gasteiger charge is -2.20. The SMILES string of the molecule is Cc1cc(C)n(CC2CC=CCN2)n1. The summed E-state index contributed by atoms with van der Waals surface area (Å²) in [5.74, 6) is 0. The summed E-state index contributed by atoms with van der Waals surface area (Å²) in [5.41, 5.74) is 2.35. The Kier molecular flexibility index (Phi) is 2.68. The van der Waals surface area contributed by atoms with Gasteiger partial charge < -0.3 is 5.32 Å². The molecule has 2 rings (SSSR count). The number of hydrogen-bond donors (Lipinski definition) is 1. The van der Waals surface area contributed by atoms with E-state index in [-0.39, 0.29) is 0 Å². The number of rotatable bonds is 2. The molecular formula is C11H17N3. The molecule has 0 saturated heterocycles. The van der Waals surface area contributed by atoms with Gasteiger partial charge in [-0.2, -0.15) is 5.10 Å². The second kappa shape index (κ2) is 3.96. The maximum absolute atomic E-state index is 4.46. The Bertz CT molecular complexity index is 338. The second-order valence-corrected chi connectivity index (χ2v) is 3.92. The maximum Gasteiger partial charge on any atom is 0.0596 e. The smallest absolute Gasteiger partial charge is 0.0596 e. The van der Waals surface area contributed by atoms with Crippen molar-refractivity contribution < 1.29 is 0 Å². The quantitative estimate of drug-likeness (QED) is 0.716. The van der Waals surface area contributed by atoms with Gasteiger partial charge in [0.2, 0.25) is 0 Å². The third-order valence-electron chi connectivity index (χ3n) is 2.61. The van der Waals surface area contributed by atoms with Gasteiger partial charge in [0.1, 0.15) is 0 Å². The monoisotopic (exact) mass is 191 g/mol. The van der Waals surface area contributed by atoms with Crippen molar-refractivity contribution in [3.05, 3.63) is 29.6 Å². The first-order valence-electron chi connectivity index (χ1n) is 5.15. The summed E-state index contributed by atoms with van der Waals surface area (Å²) < 4.78 is 2.09. The molecule has 0 bridgehead atoms. The molecule has 76 valence electrons. The topological polar surface area (TPSA) is 29.9 Å². The Morgan fingerprint density at radius 3 is 2.93 bits per heavy atom. The number of aromatic nitrogens is 2. The van der Waals surface area contributed by atoms with Gasteiger partial charge in [-0.3, -0.25) is 4.68 Å². The molecule has 0 aromatic carbocycles. The molecule has 14 heavy (non-hydrogen) atoms. The minimum atomic E-state index is 0.540. The molecule has 0 aliphatic carbocycles. The van der Waals surface area contributed by atoms with Crippen molar-refractivity contribution in [2.75, 3.05) is 6.54 Å². The van der Waals surface area contributed by atoms with E-state index in [1.165, 1.54) is 5.69 Å². The highest BCUT2D eigenvalue weighted by molar-refractivity contribution is 5.07. The van der Waals surface area contributed by atoms with E-state index in [4.69, 9.17) is 0 Å². The normalized spacial score (nSPS) is 21.4. The van der Waals surface area contributed by atoms with Crippen LogP contribution >= 0.6 is 0 Å². The van der Waals surface area contributed by atoms with Crippen molar-refractivity contribution in [3.8, 4) is 0 Å². The third-order valence-corrected chi connectivity index (χ3v) is 2.61. The summed E-state index contributed by atoms with van der Waals surface area (Å²) in [7, 11) is 0. The fourth-order valence-corrected chi connectivity index (χ4v) is 1.87. The minimum Gasteiger partial charge on any atom is -0.308 e. The lowest BCUT2D eigenvalue weighted by atomic mass is 10.1. The highest BCUT2D eigenvalue weighted by Gasteiger charge is 2.11. The predicted octanol–water partition coefficient (Wildman–Crippen LogP) is 1.42. The van der Waals surface area contributed by atoms with Crippen LogP contribution in [0.4, 0.5) is 0 Å². The zero-order valence-corrected chi connectivity index (χ0v) is 8.83. The van der Waals surface area contributed by atoms with Crippen LogP contribution in [0.1, 0.15) is 17.8 Å². The van der Waals surface area contributed by atoms with Gasteiger partial charge in [0, 0.05) is 18.3 Å². The van der Waals surface area contributed by atoms with Crippen LogP contribution in [0.3, 0.4) is 0 Å². The molecule has 3 heteroatoms.